The number of aromatic nitrogens is 4. The number of rotatable bonds is 3. The van der Waals surface area contributed by atoms with Crippen LogP contribution in [0.5, 0.6) is 0 Å². The third-order valence-corrected chi connectivity index (χ3v) is 5.52. The average Bonchev–Trinajstić information content (AvgIpc) is 3.50. The Balaban J connectivity index is 1.61. The monoisotopic (exact) mass is 339 g/mol. The Labute approximate surface area is 145 Å². The van der Waals surface area contributed by atoms with Gasteiger partial charge in [-0.05, 0) is 43.9 Å². The Bertz CT molecular complexity index is 894. The summed E-state index contributed by atoms with van der Waals surface area (Å²) in [5.41, 5.74) is 1.36. The van der Waals surface area contributed by atoms with Crippen molar-refractivity contribution in [2.75, 3.05) is 11.9 Å². The average molecular weight is 339 g/mol. The summed E-state index contributed by atoms with van der Waals surface area (Å²) < 4.78 is 1.91. The molecule has 0 saturated heterocycles. The van der Waals surface area contributed by atoms with Crippen LogP contribution in [-0.2, 0) is 0 Å². The minimum absolute atomic E-state index is 0.182. The Morgan fingerprint density at radius 1 is 1.24 bits per heavy atom. The van der Waals surface area contributed by atoms with E-state index in [0.29, 0.717) is 34.6 Å². The summed E-state index contributed by atoms with van der Waals surface area (Å²) in [6, 6.07) is -0.182. The molecule has 7 heteroatoms. The van der Waals surface area contributed by atoms with Gasteiger partial charge in [0, 0.05) is 12.5 Å². The molecular weight excluding hydrogens is 318 g/mol. The molecule has 25 heavy (non-hydrogen) atoms. The Kier molecular flexibility index (Phi) is 3.27. The number of anilines is 1. The van der Waals surface area contributed by atoms with E-state index in [4.69, 9.17) is 0 Å². The number of fused-ring (bicyclic) bond motifs is 2. The van der Waals surface area contributed by atoms with Gasteiger partial charge in [-0.15, -0.1) is 0 Å². The van der Waals surface area contributed by atoms with Crippen LogP contribution in [0.4, 0.5) is 5.82 Å². The molecule has 2 aromatic rings. The fourth-order valence-electron chi connectivity index (χ4n) is 3.98. The molecule has 0 aromatic carbocycles. The second-order valence-electron chi connectivity index (χ2n) is 7.33. The van der Waals surface area contributed by atoms with Crippen molar-refractivity contribution in [1.29, 1.82) is 0 Å². The van der Waals surface area contributed by atoms with Gasteiger partial charge in [-0.2, -0.15) is 0 Å². The molecular formula is C18H21N5O2. The Morgan fingerprint density at radius 2 is 2.08 bits per heavy atom. The molecule has 0 unspecified atom stereocenters. The molecule has 0 aliphatic heterocycles. The van der Waals surface area contributed by atoms with E-state index in [9.17, 15) is 10.2 Å². The van der Waals surface area contributed by atoms with E-state index < -0.39 is 12.2 Å². The second kappa shape index (κ2) is 5.41. The molecule has 5 rings (SSSR count). The quantitative estimate of drug-likeness (QED) is 0.720. The third-order valence-electron chi connectivity index (χ3n) is 5.52. The van der Waals surface area contributed by atoms with Crippen molar-refractivity contribution >= 4 is 17.0 Å². The molecule has 0 spiro atoms. The maximum atomic E-state index is 10.4. The minimum Gasteiger partial charge on any atom is -0.390 e. The highest BCUT2D eigenvalue weighted by Gasteiger charge is 2.60. The van der Waals surface area contributed by atoms with Gasteiger partial charge >= 0.3 is 0 Å². The van der Waals surface area contributed by atoms with E-state index in [2.05, 4.69) is 32.1 Å². The number of nitrogens with zero attached hydrogens (tertiary/aromatic N) is 4. The van der Waals surface area contributed by atoms with Crippen LogP contribution in [0.3, 0.4) is 0 Å². The lowest BCUT2D eigenvalue weighted by Gasteiger charge is -2.22. The number of nitrogens with one attached hydrogen (secondary N) is 1. The summed E-state index contributed by atoms with van der Waals surface area (Å²) in [7, 11) is 0. The number of aliphatic hydroxyl groups is 2. The van der Waals surface area contributed by atoms with Crippen molar-refractivity contribution in [2.45, 2.75) is 44.4 Å². The van der Waals surface area contributed by atoms with E-state index in [1.165, 1.54) is 0 Å². The van der Waals surface area contributed by atoms with Crippen LogP contribution in [-0.4, -0.2) is 48.5 Å². The Morgan fingerprint density at radius 3 is 2.76 bits per heavy atom. The van der Waals surface area contributed by atoms with Gasteiger partial charge in [0.05, 0.1) is 18.5 Å². The van der Waals surface area contributed by atoms with Crippen LogP contribution >= 0.6 is 0 Å². The summed E-state index contributed by atoms with van der Waals surface area (Å²) in [6.45, 7) is 2.73. The van der Waals surface area contributed by atoms with Crippen LogP contribution in [0.15, 0.2) is 6.33 Å². The molecule has 3 saturated carbocycles. The second-order valence-corrected chi connectivity index (χ2v) is 7.33. The number of aliphatic hydroxyl groups excluding tert-OH is 2. The molecule has 5 atom stereocenters. The van der Waals surface area contributed by atoms with Gasteiger partial charge in [-0.1, -0.05) is 5.92 Å². The first-order valence-corrected chi connectivity index (χ1v) is 9.03. The maximum absolute atomic E-state index is 10.4. The highest BCUT2D eigenvalue weighted by molar-refractivity contribution is 5.83. The predicted octanol–water partition coefficient (Wildman–Crippen LogP) is 0.932. The summed E-state index contributed by atoms with van der Waals surface area (Å²) >= 11 is 0. The van der Waals surface area contributed by atoms with Crippen LogP contribution in [0.25, 0.3) is 11.2 Å². The summed E-state index contributed by atoms with van der Waals surface area (Å²) in [5.74, 6) is 8.40. The van der Waals surface area contributed by atoms with Crippen LogP contribution in [0.2, 0.25) is 0 Å². The van der Waals surface area contributed by atoms with Gasteiger partial charge in [-0.3, -0.25) is 0 Å². The van der Waals surface area contributed by atoms with Gasteiger partial charge in [0.1, 0.15) is 6.10 Å². The number of hydrogen-bond donors (Lipinski definition) is 3. The van der Waals surface area contributed by atoms with Gasteiger partial charge in [0.25, 0.3) is 0 Å². The molecule has 0 amide bonds. The first-order chi connectivity index (χ1) is 12.2. The normalized spacial score (nSPS) is 33.0. The zero-order chi connectivity index (χ0) is 17.1. The van der Waals surface area contributed by atoms with Crippen molar-refractivity contribution < 1.29 is 10.2 Å². The SMILES string of the molecule is CCNc1nc(C#CC2CC2)nc2c1ncn2[C@H]1[C@H](O)[C@H](O)[C@@H]2C[C@@H]21. The third kappa shape index (κ3) is 2.40. The van der Waals surface area contributed by atoms with Crippen molar-refractivity contribution in [1.82, 2.24) is 19.5 Å². The lowest BCUT2D eigenvalue weighted by atomic mass is 10.1. The minimum atomic E-state index is -0.778. The molecule has 3 N–H and O–H groups in total. The van der Waals surface area contributed by atoms with Crippen LogP contribution < -0.4 is 5.32 Å². The van der Waals surface area contributed by atoms with Gasteiger partial charge in [-0.25, -0.2) is 15.0 Å². The van der Waals surface area contributed by atoms with E-state index in [1.807, 2.05) is 11.5 Å². The summed E-state index contributed by atoms with van der Waals surface area (Å²) in [6.07, 6.45) is 3.53. The number of hydrogen-bond acceptors (Lipinski definition) is 6. The van der Waals surface area contributed by atoms with E-state index in [-0.39, 0.29) is 12.0 Å². The molecule has 2 heterocycles. The smallest absolute Gasteiger partial charge is 0.208 e. The zero-order valence-electron chi connectivity index (χ0n) is 14.1. The van der Waals surface area contributed by atoms with Crippen molar-refractivity contribution in [2.24, 2.45) is 17.8 Å². The zero-order valence-corrected chi connectivity index (χ0v) is 14.1. The molecule has 130 valence electrons. The van der Waals surface area contributed by atoms with E-state index >= 15 is 0 Å². The molecule has 3 fully saturated rings. The number of imidazole rings is 1. The van der Waals surface area contributed by atoms with Crippen molar-refractivity contribution in [3.8, 4) is 11.8 Å². The molecule has 3 aliphatic carbocycles. The van der Waals surface area contributed by atoms with Gasteiger partial charge in [0.15, 0.2) is 17.0 Å². The van der Waals surface area contributed by atoms with Crippen LogP contribution in [0.1, 0.15) is 38.1 Å². The van der Waals surface area contributed by atoms with E-state index in [1.54, 1.807) is 6.33 Å². The first-order valence-electron chi connectivity index (χ1n) is 9.03. The molecule has 0 radical (unpaired) electrons. The molecule has 0 bridgehead atoms. The Hall–Kier alpha value is -2.17. The first kappa shape index (κ1) is 15.1. The topological polar surface area (TPSA) is 96.1 Å². The largest absolute Gasteiger partial charge is 0.390 e. The van der Waals surface area contributed by atoms with Crippen molar-refractivity contribution in [3.63, 3.8) is 0 Å². The van der Waals surface area contributed by atoms with E-state index in [0.717, 1.165) is 25.8 Å². The molecule has 2 aromatic heterocycles. The maximum Gasteiger partial charge on any atom is 0.208 e. The fraction of sp³-hybridized carbons (Fsp3) is 0.611. The highest BCUT2D eigenvalue weighted by Crippen LogP contribution is 2.57. The van der Waals surface area contributed by atoms with Crippen molar-refractivity contribution in [3.05, 3.63) is 12.2 Å². The molecule has 3 aliphatic rings. The molecule has 7 nitrogen and oxygen atoms in total. The van der Waals surface area contributed by atoms with Gasteiger partial charge < -0.3 is 20.1 Å². The fourth-order valence-corrected chi connectivity index (χ4v) is 3.98. The lowest BCUT2D eigenvalue weighted by Crippen LogP contribution is -2.31. The predicted molar refractivity (Wildman–Crippen MR) is 91.7 cm³/mol. The summed E-state index contributed by atoms with van der Waals surface area (Å²) in [4.78, 5) is 13.6. The standard InChI is InChI=1S/C18H21N5O2/c1-2-19-17-13-18(22-12(21-17)6-5-9-3-4-9)23(8-20-13)14-10-7-11(10)15(24)16(14)25/h8-11,14-16,24-25H,2-4,7H2,1H3,(H,19,21,22)/t10-,11+,14+,15+,16-/m0/s1. The summed E-state index contributed by atoms with van der Waals surface area (Å²) in [5, 5.41) is 23.8. The van der Waals surface area contributed by atoms with Gasteiger partial charge in [0.2, 0.25) is 5.82 Å². The lowest BCUT2D eigenvalue weighted by molar-refractivity contribution is 0.00386. The van der Waals surface area contributed by atoms with Crippen LogP contribution in [0, 0.1) is 29.6 Å². The highest BCUT2D eigenvalue weighted by atomic mass is 16.3.